The molecule has 0 saturated heterocycles. The van der Waals surface area contributed by atoms with Crippen molar-refractivity contribution < 1.29 is 9.53 Å². The van der Waals surface area contributed by atoms with E-state index in [-0.39, 0.29) is 5.78 Å². The smallest absolute Gasteiger partial charge is 0.164 e. The van der Waals surface area contributed by atoms with Gasteiger partial charge in [0.1, 0.15) is 5.75 Å². The summed E-state index contributed by atoms with van der Waals surface area (Å²) >= 11 is 5.99. The second-order valence-electron chi connectivity index (χ2n) is 3.25. The summed E-state index contributed by atoms with van der Waals surface area (Å²) < 4.78 is 5.29. The molecule has 0 atom stereocenters. The van der Waals surface area contributed by atoms with E-state index in [9.17, 15) is 4.79 Å². The fourth-order valence-electron chi connectivity index (χ4n) is 1.34. The number of ether oxygens (including phenoxy) is 1. The SMILES string of the molecule is CCCC(=O)c1ccc(OCC)cc1Cl. The van der Waals surface area contributed by atoms with Gasteiger partial charge >= 0.3 is 0 Å². The lowest BCUT2D eigenvalue weighted by Crippen LogP contribution is -2.00. The van der Waals surface area contributed by atoms with E-state index in [1.807, 2.05) is 13.8 Å². The van der Waals surface area contributed by atoms with Gasteiger partial charge in [0.2, 0.25) is 0 Å². The molecule has 3 heteroatoms. The highest BCUT2D eigenvalue weighted by Crippen LogP contribution is 2.23. The average Bonchev–Trinajstić information content (AvgIpc) is 2.18. The molecule has 0 radical (unpaired) electrons. The van der Waals surface area contributed by atoms with E-state index in [1.165, 1.54) is 0 Å². The summed E-state index contributed by atoms with van der Waals surface area (Å²) in [7, 11) is 0. The number of ketones is 1. The minimum Gasteiger partial charge on any atom is -0.494 e. The van der Waals surface area contributed by atoms with Gasteiger partial charge in [0.25, 0.3) is 0 Å². The van der Waals surface area contributed by atoms with Gasteiger partial charge in [-0.3, -0.25) is 4.79 Å². The topological polar surface area (TPSA) is 26.3 Å². The van der Waals surface area contributed by atoms with Crippen LogP contribution >= 0.6 is 11.6 Å². The maximum Gasteiger partial charge on any atom is 0.164 e. The molecular formula is C12H15ClO2. The van der Waals surface area contributed by atoms with Crippen LogP contribution in [0.2, 0.25) is 5.02 Å². The van der Waals surface area contributed by atoms with Crippen LogP contribution in [0.25, 0.3) is 0 Å². The molecule has 1 aromatic carbocycles. The van der Waals surface area contributed by atoms with E-state index in [4.69, 9.17) is 16.3 Å². The van der Waals surface area contributed by atoms with Gasteiger partial charge in [-0.15, -0.1) is 0 Å². The van der Waals surface area contributed by atoms with Crippen LogP contribution in [0.1, 0.15) is 37.0 Å². The molecule has 0 aliphatic carbocycles. The summed E-state index contributed by atoms with van der Waals surface area (Å²) in [5.74, 6) is 0.793. The number of Topliss-reactive ketones (excluding diaryl/α,β-unsaturated/α-hetero) is 1. The molecule has 2 nitrogen and oxygen atoms in total. The predicted octanol–water partition coefficient (Wildman–Crippen LogP) is 3.72. The van der Waals surface area contributed by atoms with Crippen molar-refractivity contribution in [1.82, 2.24) is 0 Å². The van der Waals surface area contributed by atoms with Crippen molar-refractivity contribution in [2.24, 2.45) is 0 Å². The predicted molar refractivity (Wildman–Crippen MR) is 61.9 cm³/mol. The highest BCUT2D eigenvalue weighted by molar-refractivity contribution is 6.34. The van der Waals surface area contributed by atoms with Crippen LogP contribution in [-0.2, 0) is 0 Å². The van der Waals surface area contributed by atoms with Crippen LogP contribution in [0.5, 0.6) is 5.75 Å². The maximum absolute atomic E-state index is 11.6. The van der Waals surface area contributed by atoms with Crippen molar-refractivity contribution in [2.75, 3.05) is 6.61 Å². The molecular weight excluding hydrogens is 212 g/mol. The molecule has 1 aromatic rings. The van der Waals surface area contributed by atoms with Crippen LogP contribution in [0, 0.1) is 0 Å². The summed E-state index contributed by atoms with van der Waals surface area (Å²) in [5.41, 5.74) is 0.585. The fraction of sp³-hybridized carbons (Fsp3) is 0.417. The monoisotopic (exact) mass is 226 g/mol. The summed E-state index contributed by atoms with van der Waals surface area (Å²) in [6, 6.07) is 5.19. The third-order valence-electron chi connectivity index (χ3n) is 2.03. The number of rotatable bonds is 5. The van der Waals surface area contributed by atoms with Crippen molar-refractivity contribution >= 4 is 17.4 Å². The molecule has 15 heavy (non-hydrogen) atoms. The Bertz CT molecular complexity index is 347. The van der Waals surface area contributed by atoms with E-state index in [0.717, 1.165) is 6.42 Å². The Morgan fingerprint density at radius 3 is 2.67 bits per heavy atom. The van der Waals surface area contributed by atoms with E-state index >= 15 is 0 Å². The highest BCUT2D eigenvalue weighted by Gasteiger charge is 2.09. The van der Waals surface area contributed by atoms with Gasteiger partial charge < -0.3 is 4.74 Å². The molecule has 0 saturated carbocycles. The summed E-state index contributed by atoms with van der Waals surface area (Å²) in [4.78, 5) is 11.6. The molecule has 0 N–H and O–H groups in total. The molecule has 0 bridgehead atoms. The van der Waals surface area contributed by atoms with E-state index in [1.54, 1.807) is 18.2 Å². The summed E-state index contributed by atoms with van der Waals surface area (Å²) in [5, 5.41) is 0.472. The van der Waals surface area contributed by atoms with Gasteiger partial charge in [-0.2, -0.15) is 0 Å². The molecule has 0 unspecified atom stereocenters. The van der Waals surface area contributed by atoms with E-state index < -0.39 is 0 Å². The molecule has 0 heterocycles. The number of benzene rings is 1. The first-order chi connectivity index (χ1) is 7.19. The van der Waals surface area contributed by atoms with E-state index in [2.05, 4.69) is 0 Å². The lowest BCUT2D eigenvalue weighted by molar-refractivity contribution is 0.0982. The zero-order valence-corrected chi connectivity index (χ0v) is 9.80. The third kappa shape index (κ3) is 3.24. The van der Waals surface area contributed by atoms with Crippen molar-refractivity contribution in [3.63, 3.8) is 0 Å². The largest absolute Gasteiger partial charge is 0.494 e. The molecule has 0 aliphatic rings. The number of carbonyl (C=O) groups is 1. The molecule has 0 aliphatic heterocycles. The van der Waals surface area contributed by atoms with Crippen molar-refractivity contribution in [3.05, 3.63) is 28.8 Å². The van der Waals surface area contributed by atoms with E-state index in [0.29, 0.717) is 29.4 Å². The van der Waals surface area contributed by atoms with Crippen LogP contribution in [0.15, 0.2) is 18.2 Å². The van der Waals surface area contributed by atoms with Crippen LogP contribution in [-0.4, -0.2) is 12.4 Å². The normalized spacial score (nSPS) is 10.1. The third-order valence-corrected chi connectivity index (χ3v) is 2.34. The summed E-state index contributed by atoms with van der Waals surface area (Å²) in [6.07, 6.45) is 1.37. The lowest BCUT2D eigenvalue weighted by atomic mass is 10.1. The van der Waals surface area contributed by atoms with Crippen molar-refractivity contribution in [3.8, 4) is 5.75 Å². The molecule has 0 amide bonds. The van der Waals surface area contributed by atoms with Crippen LogP contribution < -0.4 is 4.74 Å². The Labute approximate surface area is 95.2 Å². The van der Waals surface area contributed by atoms with Crippen molar-refractivity contribution in [2.45, 2.75) is 26.7 Å². The fourth-order valence-corrected chi connectivity index (χ4v) is 1.62. The average molecular weight is 227 g/mol. The van der Waals surface area contributed by atoms with Crippen LogP contribution in [0.4, 0.5) is 0 Å². The minimum atomic E-state index is 0.0885. The zero-order chi connectivity index (χ0) is 11.3. The molecule has 0 fully saturated rings. The molecule has 82 valence electrons. The lowest BCUT2D eigenvalue weighted by Gasteiger charge is -2.06. The minimum absolute atomic E-state index is 0.0885. The number of hydrogen-bond acceptors (Lipinski definition) is 2. The summed E-state index contributed by atoms with van der Waals surface area (Å²) in [6.45, 7) is 4.48. The van der Waals surface area contributed by atoms with Gasteiger partial charge in [0.15, 0.2) is 5.78 Å². The van der Waals surface area contributed by atoms with Crippen LogP contribution in [0.3, 0.4) is 0 Å². The number of hydrogen-bond donors (Lipinski definition) is 0. The number of carbonyl (C=O) groups excluding carboxylic acids is 1. The van der Waals surface area contributed by atoms with Gasteiger partial charge in [-0.1, -0.05) is 18.5 Å². The van der Waals surface area contributed by atoms with Crippen molar-refractivity contribution in [1.29, 1.82) is 0 Å². The Morgan fingerprint density at radius 2 is 2.13 bits per heavy atom. The Balaban J connectivity index is 2.87. The zero-order valence-electron chi connectivity index (χ0n) is 9.05. The van der Waals surface area contributed by atoms with Gasteiger partial charge in [0, 0.05) is 12.0 Å². The molecule has 0 spiro atoms. The first-order valence-corrected chi connectivity index (χ1v) is 5.52. The molecule has 0 aromatic heterocycles. The Kier molecular flexibility index (Phi) is 4.63. The Morgan fingerprint density at radius 1 is 1.40 bits per heavy atom. The Hall–Kier alpha value is -1.02. The highest BCUT2D eigenvalue weighted by atomic mass is 35.5. The molecule has 1 rings (SSSR count). The van der Waals surface area contributed by atoms with Gasteiger partial charge in [-0.25, -0.2) is 0 Å². The first kappa shape index (κ1) is 12.1. The van der Waals surface area contributed by atoms with Gasteiger partial charge in [0.05, 0.1) is 11.6 Å². The number of halogens is 1. The first-order valence-electron chi connectivity index (χ1n) is 5.14. The quantitative estimate of drug-likeness (QED) is 0.716. The standard InChI is InChI=1S/C12H15ClO2/c1-3-5-12(14)10-7-6-9(15-4-2)8-11(10)13/h6-8H,3-5H2,1-2H3. The maximum atomic E-state index is 11.6. The second kappa shape index (κ2) is 5.76. The second-order valence-corrected chi connectivity index (χ2v) is 3.66. The van der Waals surface area contributed by atoms with Gasteiger partial charge in [-0.05, 0) is 31.5 Å².